The molecule has 0 aromatic heterocycles. The Morgan fingerprint density at radius 3 is 2.37 bits per heavy atom. The molecule has 0 radical (unpaired) electrons. The van der Waals surface area contributed by atoms with Crippen molar-refractivity contribution >= 4 is 25.9 Å². The number of carbonyl (C=O) groups excluding carboxylic acids is 1. The largest absolute Gasteiger partial charge is 0.465 e. The summed E-state index contributed by atoms with van der Waals surface area (Å²) in [6.07, 6.45) is -1.58. The molecule has 3 unspecified atom stereocenters. The Morgan fingerprint density at radius 2 is 2.00 bits per heavy atom. The summed E-state index contributed by atoms with van der Waals surface area (Å²) in [5.74, 6) is -3.73. The van der Waals surface area contributed by atoms with Crippen LogP contribution in [0, 0.1) is 5.92 Å². The Labute approximate surface area is 106 Å². The van der Waals surface area contributed by atoms with Gasteiger partial charge in [-0.3, -0.25) is 4.55 Å². The highest BCUT2D eigenvalue weighted by Gasteiger charge is 2.58. The summed E-state index contributed by atoms with van der Waals surface area (Å²) in [5.41, 5.74) is -1.24. The molecule has 2 heterocycles. The zero-order valence-electron chi connectivity index (χ0n) is 9.02. The van der Waals surface area contributed by atoms with E-state index in [1.165, 1.54) is 0 Å². The van der Waals surface area contributed by atoms with Gasteiger partial charge in [0.2, 0.25) is 6.29 Å². The first-order valence-electron chi connectivity index (χ1n) is 4.88. The molecule has 19 heavy (non-hydrogen) atoms. The van der Waals surface area contributed by atoms with Crippen LogP contribution in [0.15, 0.2) is 0 Å². The van der Waals surface area contributed by atoms with Crippen LogP contribution >= 0.6 is 0 Å². The number of carbonyl (C=O) groups is 1. The second-order valence-electron chi connectivity index (χ2n) is 4.16. The molecule has 2 aliphatic heterocycles. The second-order valence-corrected chi connectivity index (χ2v) is 7.80. The number of hydrogen-bond acceptors (Lipinski definition) is 7. The van der Waals surface area contributed by atoms with Gasteiger partial charge in [0.1, 0.15) is 0 Å². The van der Waals surface area contributed by atoms with E-state index < -0.39 is 54.6 Å². The van der Waals surface area contributed by atoms with Crippen molar-refractivity contribution in [3.63, 3.8) is 0 Å². The highest BCUT2D eigenvalue weighted by atomic mass is 32.2. The van der Waals surface area contributed by atoms with Crippen molar-refractivity contribution in [1.29, 1.82) is 0 Å². The minimum Gasteiger partial charge on any atom is -0.430 e. The van der Waals surface area contributed by atoms with Gasteiger partial charge in [-0.05, 0) is 6.42 Å². The molecule has 0 amide bonds. The fourth-order valence-corrected chi connectivity index (χ4v) is 4.04. The first kappa shape index (κ1) is 14.6. The van der Waals surface area contributed by atoms with Crippen molar-refractivity contribution in [3.05, 3.63) is 0 Å². The molecule has 2 rings (SSSR count). The molecule has 0 saturated carbocycles. The maximum atomic E-state index is 12.9. The fraction of sp³-hybridized carbons (Fsp3) is 0.857. The predicted octanol–water partition coefficient (Wildman–Crippen LogP) is -0.873. The maximum absolute atomic E-state index is 12.9. The number of ether oxygens (including phenoxy) is 2. The van der Waals surface area contributed by atoms with Gasteiger partial charge in [-0.25, -0.2) is 13.2 Å². The normalized spacial score (nSPS) is 33.3. The number of sulfone groups is 1. The monoisotopic (exact) mass is 322 g/mol. The summed E-state index contributed by atoms with van der Waals surface area (Å²) in [7, 11) is -9.45. The molecule has 12 heteroatoms. The van der Waals surface area contributed by atoms with Gasteiger partial charge in [0.05, 0.1) is 5.75 Å². The van der Waals surface area contributed by atoms with E-state index in [0.29, 0.717) is 0 Å². The van der Waals surface area contributed by atoms with Crippen LogP contribution in [-0.2, 0) is 34.2 Å². The lowest BCUT2D eigenvalue weighted by Gasteiger charge is -2.23. The maximum Gasteiger partial charge on any atom is 0.465 e. The summed E-state index contributed by atoms with van der Waals surface area (Å²) in [5, 5.41) is -5.13. The highest BCUT2D eigenvalue weighted by Crippen LogP contribution is 2.40. The number of rotatable bonds is 3. The zero-order chi connectivity index (χ0) is 14.6. The molecule has 0 aliphatic carbocycles. The van der Waals surface area contributed by atoms with Crippen molar-refractivity contribution in [1.82, 2.24) is 0 Å². The molecule has 0 spiro atoms. The van der Waals surface area contributed by atoms with Crippen molar-refractivity contribution < 1.29 is 44.4 Å². The van der Waals surface area contributed by atoms with Crippen LogP contribution in [0.5, 0.6) is 0 Å². The molecule has 2 fully saturated rings. The average Bonchev–Trinajstić information content (AvgIpc) is 2.71. The van der Waals surface area contributed by atoms with Gasteiger partial charge in [-0.2, -0.15) is 17.2 Å². The summed E-state index contributed by atoms with van der Waals surface area (Å²) in [4.78, 5) is 11.0. The van der Waals surface area contributed by atoms with Crippen LogP contribution in [-0.4, -0.2) is 50.1 Å². The molecule has 110 valence electrons. The molecule has 2 saturated heterocycles. The van der Waals surface area contributed by atoms with Gasteiger partial charge in [-0.1, -0.05) is 0 Å². The Morgan fingerprint density at radius 1 is 1.42 bits per heavy atom. The van der Waals surface area contributed by atoms with E-state index in [0.717, 1.165) is 0 Å². The lowest BCUT2D eigenvalue weighted by molar-refractivity contribution is -0.194. The lowest BCUT2D eigenvalue weighted by Crippen LogP contribution is -2.43. The van der Waals surface area contributed by atoms with E-state index in [9.17, 15) is 30.4 Å². The summed E-state index contributed by atoms with van der Waals surface area (Å²) < 4.78 is 85.9. The number of fused-ring (bicyclic) bond motifs is 2. The van der Waals surface area contributed by atoms with Crippen LogP contribution in [0.4, 0.5) is 8.78 Å². The van der Waals surface area contributed by atoms with E-state index >= 15 is 0 Å². The summed E-state index contributed by atoms with van der Waals surface area (Å²) >= 11 is 0. The highest BCUT2D eigenvalue weighted by molar-refractivity contribution is 7.92. The molecular formula is C7H8F2O8S2. The third-order valence-electron chi connectivity index (χ3n) is 2.80. The Hall–Kier alpha value is -0.850. The average molecular weight is 322 g/mol. The van der Waals surface area contributed by atoms with E-state index in [4.69, 9.17) is 9.29 Å². The molecule has 3 atom stereocenters. The van der Waals surface area contributed by atoms with Crippen molar-refractivity contribution in [2.75, 3.05) is 5.75 Å². The third-order valence-corrected chi connectivity index (χ3v) is 5.61. The van der Waals surface area contributed by atoms with Crippen LogP contribution in [0.3, 0.4) is 0 Å². The molecule has 2 bridgehead atoms. The van der Waals surface area contributed by atoms with E-state index in [2.05, 4.69) is 4.74 Å². The predicted molar refractivity (Wildman–Crippen MR) is 53.1 cm³/mol. The topological polar surface area (TPSA) is 124 Å². The van der Waals surface area contributed by atoms with E-state index in [-0.39, 0.29) is 6.42 Å². The number of halogens is 2. The van der Waals surface area contributed by atoms with Crippen molar-refractivity contribution in [2.45, 2.75) is 23.4 Å². The van der Waals surface area contributed by atoms with Gasteiger partial charge >= 0.3 is 21.3 Å². The van der Waals surface area contributed by atoms with Crippen LogP contribution in [0.2, 0.25) is 0 Å². The molecule has 0 aromatic carbocycles. The lowest BCUT2D eigenvalue weighted by atomic mass is 10.1. The van der Waals surface area contributed by atoms with Crippen molar-refractivity contribution in [3.8, 4) is 0 Å². The number of alkyl halides is 2. The van der Waals surface area contributed by atoms with Crippen LogP contribution < -0.4 is 0 Å². The molecular weight excluding hydrogens is 314 g/mol. The molecule has 2 aliphatic rings. The molecule has 1 N–H and O–H groups in total. The van der Waals surface area contributed by atoms with Crippen molar-refractivity contribution in [2.24, 2.45) is 5.92 Å². The Bertz CT molecular complexity index is 609. The molecule has 8 nitrogen and oxygen atoms in total. The van der Waals surface area contributed by atoms with Crippen LogP contribution in [0.1, 0.15) is 6.42 Å². The van der Waals surface area contributed by atoms with Gasteiger partial charge in [0, 0.05) is 5.92 Å². The standard InChI is InChI=1S/C7H8F2O8S2/c8-7(9,19(13,14)15)6(10)17-5-3-1-4(16-5)18(11,12)2-3/h3-5H,1-2H2,(H,13,14,15). The van der Waals surface area contributed by atoms with Crippen LogP contribution in [0.25, 0.3) is 0 Å². The second kappa shape index (κ2) is 4.07. The smallest absolute Gasteiger partial charge is 0.430 e. The quantitative estimate of drug-likeness (QED) is 0.525. The molecule has 0 aromatic rings. The van der Waals surface area contributed by atoms with Gasteiger partial charge < -0.3 is 9.47 Å². The fourth-order valence-electron chi connectivity index (χ4n) is 1.86. The van der Waals surface area contributed by atoms with Gasteiger partial charge in [0.25, 0.3) is 0 Å². The summed E-state index contributed by atoms with van der Waals surface area (Å²) in [6, 6.07) is 0. The number of hydrogen-bond donors (Lipinski definition) is 1. The van der Waals surface area contributed by atoms with E-state index in [1.54, 1.807) is 0 Å². The Kier molecular flexibility index (Phi) is 3.12. The third kappa shape index (κ3) is 2.32. The Balaban J connectivity index is 2.08. The zero-order valence-corrected chi connectivity index (χ0v) is 10.7. The minimum atomic E-state index is -5.96. The summed E-state index contributed by atoms with van der Waals surface area (Å²) in [6.45, 7) is 0. The first-order chi connectivity index (χ1) is 8.45. The number of esters is 1. The van der Waals surface area contributed by atoms with E-state index in [1.807, 2.05) is 0 Å². The van der Waals surface area contributed by atoms with Gasteiger partial charge in [0.15, 0.2) is 15.3 Å². The SMILES string of the molecule is O=C(OC1OC2CC1CS2(=O)=O)C(F)(F)S(=O)(=O)O. The van der Waals surface area contributed by atoms with Gasteiger partial charge in [-0.15, -0.1) is 0 Å². The first-order valence-corrected chi connectivity index (χ1v) is 8.03. The minimum absolute atomic E-state index is 0.0161.